The molecule has 0 radical (unpaired) electrons. The second-order valence-corrected chi connectivity index (χ2v) is 7.80. The predicted octanol–water partition coefficient (Wildman–Crippen LogP) is 6.75. The van der Waals surface area contributed by atoms with Gasteiger partial charge in [0.1, 0.15) is 10.2 Å². The molecule has 0 aromatic heterocycles. The Hall–Kier alpha value is -1.51. The van der Waals surface area contributed by atoms with Gasteiger partial charge in [0.25, 0.3) is 0 Å². The van der Waals surface area contributed by atoms with Gasteiger partial charge in [-0.1, -0.05) is 67.4 Å². The van der Waals surface area contributed by atoms with Crippen molar-refractivity contribution >= 4 is 23.2 Å². The van der Waals surface area contributed by atoms with Gasteiger partial charge in [0, 0.05) is 0 Å². The van der Waals surface area contributed by atoms with Crippen LogP contribution in [0.1, 0.15) is 19.4 Å². The Kier molecular flexibility index (Phi) is 4.89. The van der Waals surface area contributed by atoms with Gasteiger partial charge in [0.05, 0.1) is 0 Å². The van der Waals surface area contributed by atoms with Crippen molar-refractivity contribution in [2.45, 2.75) is 20.3 Å². The molecule has 1 fully saturated rings. The Labute approximate surface area is 152 Å². The monoisotopic (exact) mass is 364 g/mol. The molecule has 3 rings (SSSR count). The number of allylic oxidation sites excluding steroid dienone is 1. The molecule has 1 saturated carbocycles. The molecule has 1 nitrogen and oxygen atoms in total. The smallest absolute Gasteiger partial charge is 0.165 e. The van der Waals surface area contributed by atoms with Crippen molar-refractivity contribution in [3.05, 3.63) is 70.5 Å². The van der Waals surface area contributed by atoms with E-state index in [1.165, 1.54) is 6.07 Å². The molecule has 0 unspecified atom stereocenters. The summed E-state index contributed by atoms with van der Waals surface area (Å²) in [5.74, 6) is 1.28. The highest BCUT2D eigenvalue weighted by Crippen LogP contribution is 2.61. The van der Waals surface area contributed by atoms with Crippen LogP contribution >= 0.6 is 23.2 Å². The normalized spacial score (nSPS) is 21.2. The molecule has 4 heteroatoms. The summed E-state index contributed by atoms with van der Waals surface area (Å²) in [5, 5.41) is 0. The third-order valence-electron chi connectivity index (χ3n) is 4.87. The minimum absolute atomic E-state index is 0.143. The average Bonchev–Trinajstić information content (AvgIpc) is 3.03. The van der Waals surface area contributed by atoms with Gasteiger partial charge in [-0.05, 0) is 53.5 Å². The molecule has 2 atom stereocenters. The molecule has 0 heterocycles. The summed E-state index contributed by atoms with van der Waals surface area (Å²) in [7, 11) is 0. The van der Waals surface area contributed by atoms with Crippen LogP contribution in [0.4, 0.5) is 4.39 Å². The molecule has 0 aliphatic heterocycles. The fraction of sp³-hybridized carbons (Fsp3) is 0.300. The summed E-state index contributed by atoms with van der Waals surface area (Å²) in [5.41, 5.74) is 1.19. The first kappa shape index (κ1) is 17.3. The largest absolute Gasteiger partial charge is 0.454 e. The van der Waals surface area contributed by atoms with E-state index in [-0.39, 0.29) is 17.0 Å². The number of halogens is 3. The maximum Gasteiger partial charge on any atom is 0.165 e. The SMILES string of the molecule is CC1(C)[C@H](Cc2ccc(F)c(Oc3ccccc3)c2)[C@@H]1C=C(Cl)Cl. The second-order valence-electron chi connectivity index (χ2n) is 6.79. The topological polar surface area (TPSA) is 9.23 Å². The minimum Gasteiger partial charge on any atom is -0.454 e. The van der Waals surface area contributed by atoms with Gasteiger partial charge in [-0.3, -0.25) is 0 Å². The lowest BCUT2D eigenvalue weighted by atomic mass is 10.0. The second kappa shape index (κ2) is 6.78. The van der Waals surface area contributed by atoms with Gasteiger partial charge in [-0.15, -0.1) is 0 Å². The van der Waals surface area contributed by atoms with Crippen molar-refractivity contribution in [2.24, 2.45) is 17.3 Å². The van der Waals surface area contributed by atoms with Gasteiger partial charge < -0.3 is 4.74 Å². The van der Waals surface area contributed by atoms with Crippen molar-refractivity contribution in [2.75, 3.05) is 0 Å². The van der Waals surface area contributed by atoms with Gasteiger partial charge in [-0.2, -0.15) is 0 Å². The number of hydrogen-bond donors (Lipinski definition) is 0. The zero-order valence-electron chi connectivity index (χ0n) is 13.6. The maximum absolute atomic E-state index is 14.0. The van der Waals surface area contributed by atoms with Crippen molar-refractivity contribution in [3.8, 4) is 11.5 Å². The number of benzene rings is 2. The van der Waals surface area contributed by atoms with Crippen LogP contribution in [0.25, 0.3) is 0 Å². The summed E-state index contributed by atoms with van der Waals surface area (Å²) < 4.78 is 20.0. The lowest BCUT2D eigenvalue weighted by Crippen LogP contribution is -1.96. The van der Waals surface area contributed by atoms with E-state index in [0.29, 0.717) is 22.1 Å². The standard InChI is InChI=1S/C20H19Cl2FO/c1-20(2)15(16(20)12-19(21)22)10-13-8-9-17(23)18(11-13)24-14-6-4-3-5-7-14/h3-9,11-12,15-16H,10H2,1-2H3/t15-,16+/m1/s1. The molecule has 0 spiro atoms. The first-order valence-electron chi connectivity index (χ1n) is 7.92. The van der Waals surface area contributed by atoms with Crippen LogP contribution in [-0.2, 0) is 6.42 Å². The Bertz CT molecular complexity index is 751. The van der Waals surface area contributed by atoms with Gasteiger partial charge >= 0.3 is 0 Å². The number of ether oxygens (including phenoxy) is 1. The molecule has 0 N–H and O–H groups in total. The van der Waals surface area contributed by atoms with Gasteiger partial charge in [-0.25, -0.2) is 4.39 Å². The first-order chi connectivity index (χ1) is 11.4. The molecule has 24 heavy (non-hydrogen) atoms. The van der Waals surface area contributed by atoms with Crippen LogP contribution in [0.3, 0.4) is 0 Å². The van der Waals surface area contributed by atoms with Crippen molar-refractivity contribution in [1.29, 1.82) is 0 Å². The lowest BCUT2D eigenvalue weighted by Gasteiger charge is -2.09. The summed E-state index contributed by atoms with van der Waals surface area (Å²) in [6.45, 7) is 4.39. The average molecular weight is 365 g/mol. The quantitative estimate of drug-likeness (QED) is 0.569. The first-order valence-corrected chi connectivity index (χ1v) is 8.67. The van der Waals surface area contributed by atoms with E-state index in [4.69, 9.17) is 27.9 Å². The predicted molar refractivity (Wildman–Crippen MR) is 97.2 cm³/mol. The fourth-order valence-electron chi connectivity index (χ4n) is 3.27. The molecule has 2 aromatic rings. The highest BCUT2D eigenvalue weighted by Gasteiger charge is 2.55. The Balaban J connectivity index is 1.76. The number of rotatable bonds is 5. The van der Waals surface area contributed by atoms with Crippen LogP contribution in [0.5, 0.6) is 11.5 Å². The molecule has 2 aromatic carbocycles. The molecule has 0 bridgehead atoms. The molecule has 126 valence electrons. The molecule has 1 aliphatic rings. The van der Waals surface area contributed by atoms with Crippen LogP contribution in [-0.4, -0.2) is 0 Å². The third-order valence-corrected chi connectivity index (χ3v) is 5.12. The van der Waals surface area contributed by atoms with E-state index in [9.17, 15) is 4.39 Å². The maximum atomic E-state index is 14.0. The molecule has 0 saturated heterocycles. The van der Waals surface area contributed by atoms with Crippen LogP contribution in [0.15, 0.2) is 59.1 Å². The van der Waals surface area contributed by atoms with E-state index < -0.39 is 0 Å². The minimum atomic E-state index is -0.363. The van der Waals surface area contributed by atoms with E-state index in [1.54, 1.807) is 18.2 Å². The van der Waals surface area contributed by atoms with E-state index >= 15 is 0 Å². The van der Waals surface area contributed by atoms with Gasteiger partial charge in [0.2, 0.25) is 0 Å². The van der Waals surface area contributed by atoms with Gasteiger partial charge in [0.15, 0.2) is 11.6 Å². The Morgan fingerprint density at radius 3 is 2.54 bits per heavy atom. The summed E-state index contributed by atoms with van der Waals surface area (Å²) >= 11 is 11.6. The number of hydrogen-bond acceptors (Lipinski definition) is 1. The Morgan fingerprint density at radius 1 is 1.17 bits per heavy atom. The van der Waals surface area contributed by atoms with Crippen LogP contribution in [0.2, 0.25) is 0 Å². The zero-order chi connectivity index (χ0) is 17.3. The van der Waals surface area contributed by atoms with Crippen molar-refractivity contribution in [1.82, 2.24) is 0 Å². The van der Waals surface area contributed by atoms with E-state index in [2.05, 4.69) is 13.8 Å². The molecule has 1 aliphatic carbocycles. The number of para-hydroxylation sites is 1. The molecule has 0 amide bonds. The van der Waals surface area contributed by atoms with E-state index in [0.717, 1.165) is 12.0 Å². The van der Waals surface area contributed by atoms with Crippen LogP contribution < -0.4 is 4.74 Å². The highest BCUT2D eigenvalue weighted by molar-refractivity contribution is 6.55. The lowest BCUT2D eigenvalue weighted by molar-refractivity contribution is 0.441. The fourth-order valence-corrected chi connectivity index (χ4v) is 3.54. The third kappa shape index (κ3) is 3.76. The van der Waals surface area contributed by atoms with E-state index in [1.807, 2.05) is 30.3 Å². The van der Waals surface area contributed by atoms with Crippen molar-refractivity contribution < 1.29 is 9.13 Å². The summed E-state index contributed by atoms with van der Waals surface area (Å²) in [6.07, 6.45) is 2.74. The summed E-state index contributed by atoms with van der Waals surface area (Å²) in [4.78, 5) is 0. The highest BCUT2D eigenvalue weighted by atomic mass is 35.5. The molecular formula is C20H19Cl2FO. The van der Waals surface area contributed by atoms with Crippen molar-refractivity contribution in [3.63, 3.8) is 0 Å². The summed E-state index contributed by atoms with van der Waals surface area (Å²) in [6, 6.07) is 14.3. The zero-order valence-corrected chi connectivity index (χ0v) is 15.1. The molecular weight excluding hydrogens is 346 g/mol. The Morgan fingerprint density at radius 2 is 1.88 bits per heavy atom. The van der Waals surface area contributed by atoms with Crippen LogP contribution in [0, 0.1) is 23.1 Å².